The zero-order valence-electron chi connectivity index (χ0n) is 13.0. The molecule has 1 N–H and O–H groups in total. The van der Waals surface area contributed by atoms with E-state index in [0.717, 1.165) is 26.7 Å². The second kappa shape index (κ2) is 7.93. The van der Waals surface area contributed by atoms with E-state index in [4.69, 9.17) is 4.42 Å². The van der Waals surface area contributed by atoms with Crippen molar-refractivity contribution in [2.24, 2.45) is 0 Å². The average Bonchev–Trinajstić information content (AvgIpc) is 3.14. The van der Waals surface area contributed by atoms with Crippen LogP contribution in [0.25, 0.3) is 11.1 Å². The highest BCUT2D eigenvalue weighted by atomic mass is 79.9. The molecule has 0 atom stereocenters. The number of benzene rings is 1. The first-order valence-electron chi connectivity index (χ1n) is 7.69. The standard InChI is InChI=1S/C19H17BrN2O2/c20-18-4-2-1-3-15(18)5-6-19(23)22-11-14-9-17(12-21-10-14)16-7-8-24-13-16/h1-4,7-10,12-13H,5-6,11H2,(H,22,23). The number of rotatable bonds is 6. The van der Waals surface area contributed by atoms with Gasteiger partial charge in [0, 0.05) is 41.0 Å². The Hall–Kier alpha value is -2.40. The van der Waals surface area contributed by atoms with E-state index in [1.807, 2.05) is 36.4 Å². The Morgan fingerprint density at radius 3 is 2.83 bits per heavy atom. The highest BCUT2D eigenvalue weighted by Gasteiger charge is 2.06. The van der Waals surface area contributed by atoms with E-state index in [1.54, 1.807) is 24.9 Å². The Morgan fingerprint density at radius 2 is 2.04 bits per heavy atom. The number of nitrogens with zero attached hydrogens (tertiary/aromatic N) is 1. The fraction of sp³-hybridized carbons (Fsp3) is 0.158. The molecule has 3 rings (SSSR count). The summed E-state index contributed by atoms with van der Waals surface area (Å²) in [6, 6.07) is 11.8. The van der Waals surface area contributed by atoms with E-state index in [-0.39, 0.29) is 5.91 Å². The molecule has 3 aromatic rings. The molecule has 2 heterocycles. The lowest BCUT2D eigenvalue weighted by Gasteiger charge is -2.07. The Morgan fingerprint density at radius 1 is 1.17 bits per heavy atom. The van der Waals surface area contributed by atoms with Crippen molar-refractivity contribution in [3.8, 4) is 11.1 Å². The first-order valence-corrected chi connectivity index (χ1v) is 8.48. The van der Waals surface area contributed by atoms with Gasteiger partial charge < -0.3 is 9.73 Å². The molecule has 0 aliphatic heterocycles. The van der Waals surface area contributed by atoms with Gasteiger partial charge >= 0.3 is 0 Å². The highest BCUT2D eigenvalue weighted by Crippen LogP contribution is 2.20. The molecule has 24 heavy (non-hydrogen) atoms. The maximum Gasteiger partial charge on any atom is 0.220 e. The summed E-state index contributed by atoms with van der Waals surface area (Å²) >= 11 is 3.50. The molecule has 0 saturated heterocycles. The molecule has 122 valence electrons. The number of hydrogen-bond acceptors (Lipinski definition) is 3. The van der Waals surface area contributed by atoms with Gasteiger partial charge in [0.2, 0.25) is 5.91 Å². The number of nitrogens with one attached hydrogen (secondary N) is 1. The predicted octanol–water partition coefficient (Wildman–Crippen LogP) is 4.35. The monoisotopic (exact) mass is 384 g/mol. The van der Waals surface area contributed by atoms with Crippen molar-refractivity contribution in [3.63, 3.8) is 0 Å². The van der Waals surface area contributed by atoms with Crippen LogP contribution < -0.4 is 5.32 Å². The van der Waals surface area contributed by atoms with E-state index in [9.17, 15) is 4.79 Å². The van der Waals surface area contributed by atoms with Crippen molar-refractivity contribution < 1.29 is 9.21 Å². The smallest absolute Gasteiger partial charge is 0.220 e. The molecule has 0 aliphatic rings. The summed E-state index contributed by atoms with van der Waals surface area (Å²) < 4.78 is 6.13. The number of hydrogen-bond donors (Lipinski definition) is 1. The van der Waals surface area contributed by atoms with Crippen molar-refractivity contribution in [3.05, 3.63) is 76.9 Å². The number of aromatic nitrogens is 1. The molecule has 0 bridgehead atoms. The van der Waals surface area contributed by atoms with Crippen LogP contribution in [0.3, 0.4) is 0 Å². The maximum absolute atomic E-state index is 12.1. The van der Waals surface area contributed by atoms with Gasteiger partial charge in [-0.05, 0) is 35.7 Å². The number of pyridine rings is 1. The summed E-state index contributed by atoms with van der Waals surface area (Å²) in [6.07, 6.45) is 8.02. The Bertz CT molecular complexity index is 816. The number of carbonyl (C=O) groups excluding carboxylic acids is 1. The van der Waals surface area contributed by atoms with Crippen molar-refractivity contribution >= 4 is 21.8 Å². The molecule has 1 aromatic carbocycles. The van der Waals surface area contributed by atoms with Gasteiger partial charge in [0.1, 0.15) is 0 Å². The van der Waals surface area contributed by atoms with Crippen LogP contribution in [-0.4, -0.2) is 10.9 Å². The third-order valence-electron chi connectivity index (χ3n) is 3.72. The van der Waals surface area contributed by atoms with Gasteiger partial charge in [0.05, 0.1) is 12.5 Å². The quantitative estimate of drug-likeness (QED) is 0.686. The third-order valence-corrected chi connectivity index (χ3v) is 4.49. The second-order valence-corrected chi connectivity index (χ2v) is 6.32. The third kappa shape index (κ3) is 4.32. The van der Waals surface area contributed by atoms with Gasteiger partial charge in [0.25, 0.3) is 0 Å². The minimum atomic E-state index is 0.0273. The minimum absolute atomic E-state index is 0.0273. The van der Waals surface area contributed by atoms with E-state index < -0.39 is 0 Å². The predicted molar refractivity (Wildman–Crippen MR) is 96.2 cm³/mol. The molecule has 0 spiro atoms. The van der Waals surface area contributed by atoms with Crippen LogP contribution in [0.5, 0.6) is 0 Å². The van der Waals surface area contributed by atoms with E-state index in [1.165, 1.54) is 0 Å². The summed E-state index contributed by atoms with van der Waals surface area (Å²) in [5.74, 6) is 0.0273. The fourth-order valence-electron chi connectivity index (χ4n) is 2.41. The molecule has 0 fully saturated rings. The zero-order chi connectivity index (χ0) is 16.8. The van der Waals surface area contributed by atoms with Crippen molar-refractivity contribution in [2.45, 2.75) is 19.4 Å². The van der Waals surface area contributed by atoms with Gasteiger partial charge in [-0.3, -0.25) is 9.78 Å². The lowest BCUT2D eigenvalue weighted by molar-refractivity contribution is -0.121. The molecule has 0 saturated carbocycles. The maximum atomic E-state index is 12.1. The fourth-order valence-corrected chi connectivity index (χ4v) is 2.89. The van der Waals surface area contributed by atoms with Crippen LogP contribution in [0.2, 0.25) is 0 Å². The van der Waals surface area contributed by atoms with Crippen LogP contribution in [0, 0.1) is 0 Å². The van der Waals surface area contributed by atoms with E-state index in [0.29, 0.717) is 19.4 Å². The van der Waals surface area contributed by atoms with Crippen LogP contribution in [0.1, 0.15) is 17.5 Å². The largest absolute Gasteiger partial charge is 0.472 e. The molecule has 0 aliphatic carbocycles. The second-order valence-electron chi connectivity index (χ2n) is 5.46. The summed E-state index contributed by atoms with van der Waals surface area (Å²) in [6.45, 7) is 0.466. The summed E-state index contributed by atoms with van der Waals surface area (Å²) in [5, 5.41) is 2.94. The van der Waals surface area contributed by atoms with Crippen LogP contribution >= 0.6 is 15.9 Å². The SMILES string of the molecule is O=C(CCc1ccccc1Br)NCc1cncc(-c2ccoc2)c1. The van der Waals surface area contributed by atoms with Crippen molar-refractivity contribution in [1.29, 1.82) is 0 Å². The first kappa shape index (κ1) is 16.5. The van der Waals surface area contributed by atoms with Crippen molar-refractivity contribution in [1.82, 2.24) is 10.3 Å². The molecule has 2 aromatic heterocycles. The Balaban J connectivity index is 1.53. The van der Waals surface area contributed by atoms with Gasteiger partial charge in [-0.2, -0.15) is 0 Å². The number of furan rings is 1. The number of halogens is 1. The van der Waals surface area contributed by atoms with Crippen LogP contribution in [0.4, 0.5) is 0 Å². The van der Waals surface area contributed by atoms with E-state index in [2.05, 4.69) is 26.2 Å². The number of amides is 1. The summed E-state index contributed by atoms with van der Waals surface area (Å²) in [7, 11) is 0. The Kier molecular flexibility index (Phi) is 5.43. The molecule has 1 amide bonds. The molecular weight excluding hydrogens is 368 g/mol. The molecule has 0 unspecified atom stereocenters. The Labute approximate surface area is 149 Å². The summed E-state index contributed by atoms with van der Waals surface area (Å²) in [5.41, 5.74) is 4.05. The van der Waals surface area contributed by atoms with Gasteiger partial charge in [0.15, 0.2) is 0 Å². The molecule has 5 heteroatoms. The zero-order valence-corrected chi connectivity index (χ0v) is 14.6. The molecule has 4 nitrogen and oxygen atoms in total. The van der Waals surface area contributed by atoms with Gasteiger partial charge in [-0.25, -0.2) is 0 Å². The minimum Gasteiger partial charge on any atom is -0.472 e. The van der Waals surface area contributed by atoms with Gasteiger partial charge in [-0.15, -0.1) is 0 Å². The lowest BCUT2D eigenvalue weighted by atomic mass is 10.1. The highest BCUT2D eigenvalue weighted by molar-refractivity contribution is 9.10. The summed E-state index contributed by atoms with van der Waals surface area (Å²) in [4.78, 5) is 16.3. The number of carbonyl (C=O) groups is 1. The lowest BCUT2D eigenvalue weighted by Crippen LogP contribution is -2.23. The van der Waals surface area contributed by atoms with E-state index >= 15 is 0 Å². The molecular formula is C19H17BrN2O2. The number of aryl methyl sites for hydroxylation is 1. The topological polar surface area (TPSA) is 55.1 Å². The first-order chi connectivity index (χ1) is 11.7. The van der Waals surface area contributed by atoms with Gasteiger partial charge in [-0.1, -0.05) is 34.1 Å². The van der Waals surface area contributed by atoms with Crippen LogP contribution in [-0.2, 0) is 17.8 Å². The normalized spacial score (nSPS) is 10.5. The molecule has 0 radical (unpaired) electrons. The van der Waals surface area contributed by atoms with Crippen LogP contribution in [0.15, 0.2) is 70.2 Å². The van der Waals surface area contributed by atoms with Crippen molar-refractivity contribution in [2.75, 3.05) is 0 Å². The average molecular weight is 385 g/mol.